The Kier molecular flexibility index (Phi) is 5.17. The van der Waals surface area contributed by atoms with Gasteiger partial charge in [0.1, 0.15) is 6.04 Å². The summed E-state index contributed by atoms with van der Waals surface area (Å²) >= 11 is 6.28. The van der Waals surface area contributed by atoms with Crippen LogP contribution in [0.3, 0.4) is 0 Å². The highest BCUT2D eigenvalue weighted by atomic mass is 35.5. The van der Waals surface area contributed by atoms with Crippen molar-refractivity contribution in [3.8, 4) is 11.4 Å². The zero-order valence-electron chi connectivity index (χ0n) is 16.9. The van der Waals surface area contributed by atoms with E-state index in [1.807, 2.05) is 36.4 Å². The van der Waals surface area contributed by atoms with Gasteiger partial charge < -0.3 is 9.42 Å². The van der Waals surface area contributed by atoms with Gasteiger partial charge >= 0.3 is 0 Å². The van der Waals surface area contributed by atoms with E-state index < -0.39 is 0 Å². The monoisotopic (exact) mass is 409 g/mol. The summed E-state index contributed by atoms with van der Waals surface area (Å²) in [6, 6.07) is 15.5. The van der Waals surface area contributed by atoms with E-state index in [0.29, 0.717) is 36.1 Å². The van der Waals surface area contributed by atoms with Crippen molar-refractivity contribution in [2.75, 3.05) is 0 Å². The summed E-state index contributed by atoms with van der Waals surface area (Å²) in [5.74, 6) is 1.08. The van der Waals surface area contributed by atoms with Crippen molar-refractivity contribution >= 4 is 17.5 Å². The van der Waals surface area contributed by atoms with E-state index >= 15 is 0 Å². The number of hydrogen-bond donors (Lipinski definition) is 0. The van der Waals surface area contributed by atoms with E-state index in [4.69, 9.17) is 16.1 Å². The number of halogens is 1. The molecule has 1 aliphatic rings. The zero-order valence-corrected chi connectivity index (χ0v) is 17.6. The number of aromatic nitrogens is 2. The minimum absolute atomic E-state index is 0.0733. The molecule has 150 valence electrons. The van der Waals surface area contributed by atoms with Crippen LogP contribution < -0.4 is 0 Å². The highest BCUT2D eigenvalue weighted by Crippen LogP contribution is 2.35. The molecule has 29 heavy (non-hydrogen) atoms. The Morgan fingerprint density at radius 2 is 1.86 bits per heavy atom. The number of nitrogens with zero attached hydrogens (tertiary/aromatic N) is 3. The fourth-order valence-corrected chi connectivity index (χ4v) is 3.80. The van der Waals surface area contributed by atoms with Crippen molar-refractivity contribution in [1.29, 1.82) is 0 Å². The highest BCUT2D eigenvalue weighted by molar-refractivity contribution is 6.31. The maximum atomic E-state index is 12.5. The van der Waals surface area contributed by atoms with E-state index in [-0.39, 0.29) is 17.4 Å². The molecule has 1 fully saturated rings. The third-order valence-corrected chi connectivity index (χ3v) is 5.73. The van der Waals surface area contributed by atoms with Crippen molar-refractivity contribution in [2.24, 2.45) is 0 Å². The average molecular weight is 410 g/mol. The lowest BCUT2D eigenvalue weighted by atomic mass is 9.87. The van der Waals surface area contributed by atoms with Gasteiger partial charge in [-0.2, -0.15) is 4.98 Å². The van der Waals surface area contributed by atoms with Crippen LogP contribution in [0.2, 0.25) is 5.02 Å². The van der Waals surface area contributed by atoms with Crippen molar-refractivity contribution < 1.29 is 9.32 Å². The molecule has 1 amide bonds. The molecule has 2 heterocycles. The van der Waals surface area contributed by atoms with Gasteiger partial charge in [-0.15, -0.1) is 0 Å². The third kappa shape index (κ3) is 4.06. The highest BCUT2D eigenvalue weighted by Gasteiger charge is 2.36. The molecule has 4 rings (SSSR count). The van der Waals surface area contributed by atoms with E-state index in [0.717, 1.165) is 11.1 Å². The molecular weight excluding hydrogens is 386 g/mol. The number of benzene rings is 2. The third-order valence-electron chi connectivity index (χ3n) is 5.36. The first-order chi connectivity index (χ1) is 13.8. The fourth-order valence-electron chi connectivity index (χ4n) is 3.61. The van der Waals surface area contributed by atoms with Crippen LogP contribution in [0.25, 0.3) is 11.4 Å². The molecule has 2 aromatic carbocycles. The van der Waals surface area contributed by atoms with Crippen molar-refractivity contribution in [3.05, 3.63) is 70.6 Å². The van der Waals surface area contributed by atoms with Gasteiger partial charge in [0.2, 0.25) is 17.6 Å². The van der Waals surface area contributed by atoms with E-state index in [2.05, 4.69) is 43.0 Å². The molecule has 0 saturated carbocycles. The molecule has 1 atom stereocenters. The first-order valence-electron chi connectivity index (χ1n) is 9.80. The Labute approximate surface area is 175 Å². The lowest BCUT2D eigenvalue weighted by molar-refractivity contribution is -0.129. The second-order valence-corrected chi connectivity index (χ2v) is 8.86. The smallest absolute Gasteiger partial charge is 0.249 e. The summed E-state index contributed by atoms with van der Waals surface area (Å²) in [5, 5.41) is 4.81. The quantitative estimate of drug-likeness (QED) is 0.566. The standard InChI is InChI=1S/C23H24ClN3O2/c1-23(2,3)17-10-8-15(9-11-17)21-25-22(29-26-21)19-12-13-20(28)27(19)14-16-6-4-5-7-18(16)24/h4-11,19H,12-14H2,1-3H3. The number of amides is 1. The summed E-state index contributed by atoms with van der Waals surface area (Å²) in [6.45, 7) is 6.97. The number of carbonyl (C=O) groups is 1. The second kappa shape index (κ2) is 7.64. The van der Waals surface area contributed by atoms with Crippen LogP contribution >= 0.6 is 11.6 Å². The molecule has 1 aliphatic heterocycles. The predicted octanol–water partition coefficient (Wildman–Crippen LogP) is 5.55. The Bertz CT molecular complexity index is 1020. The number of likely N-dealkylation sites (tertiary alicyclic amines) is 1. The lowest BCUT2D eigenvalue weighted by Crippen LogP contribution is -2.27. The van der Waals surface area contributed by atoms with Gasteiger partial charge in [-0.1, -0.05) is 80.0 Å². The molecule has 6 heteroatoms. The number of rotatable bonds is 4. The normalized spacial score (nSPS) is 17.2. The predicted molar refractivity (Wildman–Crippen MR) is 112 cm³/mol. The summed E-state index contributed by atoms with van der Waals surface area (Å²) < 4.78 is 5.56. The van der Waals surface area contributed by atoms with Crippen LogP contribution in [0, 0.1) is 0 Å². The van der Waals surface area contributed by atoms with Crippen LogP contribution in [0.15, 0.2) is 53.1 Å². The lowest BCUT2D eigenvalue weighted by Gasteiger charge is -2.22. The Hall–Kier alpha value is -2.66. The Morgan fingerprint density at radius 3 is 2.55 bits per heavy atom. The first-order valence-corrected chi connectivity index (χ1v) is 10.2. The molecule has 0 radical (unpaired) electrons. The summed E-state index contributed by atoms with van der Waals surface area (Å²) in [6.07, 6.45) is 1.13. The largest absolute Gasteiger partial charge is 0.337 e. The van der Waals surface area contributed by atoms with Crippen LogP contribution in [0.1, 0.15) is 56.7 Å². The van der Waals surface area contributed by atoms with Gasteiger partial charge in [0, 0.05) is 23.6 Å². The van der Waals surface area contributed by atoms with E-state index in [1.165, 1.54) is 5.56 Å². The zero-order chi connectivity index (χ0) is 20.6. The van der Waals surface area contributed by atoms with Gasteiger partial charge in [-0.25, -0.2) is 0 Å². The Balaban J connectivity index is 1.56. The second-order valence-electron chi connectivity index (χ2n) is 8.45. The van der Waals surface area contributed by atoms with Crippen molar-refractivity contribution in [2.45, 2.75) is 51.6 Å². The molecule has 3 aromatic rings. The summed E-state index contributed by atoms with van der Waals surface area (Å²) in [4.78, 5) is 18.9. The molecule has 1 aromatic heterocycles. The van der Waals surface area contributed by atoms with Crippen molar-refractivity contribution in [1.82, 2.24) is 15.0 Å². The van der Waals surface area contributed by atoms with E-state index in [9.17, 15) is 4.79 Å². The molecule has 5 nitrogen and oxygen atoms in total. The maximum absolute atomic E-state index is 12.5. The van der Waals surface area contributed by atoms with Crippen LogP contribution in [-0.4, -0.2) is 20.9 Å². The molecule has 1 unspecified atom stereocenters. The molecular formula is C23H24ClN3O2. The number of hydrogen-bond acceptors (Lipinski definition) is 4. The summed E-state index contributed by atoms with van der Waals surface area (Å²) in [7, 11) is 0. The maximum Gasteiger partial charge on any atom is 0.249 e. The minimum Gasteiger partial charge on any atom is -0.337 e. The SMILES string of the molecule is CC(C)(C)c1ccc(-c2noc(C3CCC(=O)N3Cc3ccccc3Cl)n2)cc1. The van der Waals surface area contributed by atoms with Crippen LogP contribution in [0.4, 0.5) is 0 Å². The molecule has 1 saturated heterocycles. The van der Waals surface area contributed by atoms with Gasteiger partial charge in [-0.3, -0.25) is 4.79 Å². The van der Waals surface area contributed by atoms with Crippen molar-refractivity contribution in [3.63, 3.8) is 0 Å². The van der Waals surface area contributed by atoms with Gasteiger partial charge in [0.25, 0.3) is 0 Å². The average Bonchev–Trinajstić information content (AvgIpc) is 3.30. The Morgan fingerprint density at radius 1 is 1.14 bits per heavy atom. The molecule has 0 N–H and O–H groups in total. The fraction of sp³-hybridized carbons (Fsp3) is 0.348. The van der Waals surface area contributed by atoms with Gasteiger partial charge in [0.05, 0.1) is 0 Å². The minimum atomic E-state index is -0.228. The summed E-state index contributed by atoms with van der Waals surface area (Å²) in [5.41, 5.74) is 3.14. The molecule has 0 spiro atoms. The van der Waals surface area contributed by atoms with Crippen LogP contribution in [-0.2, 0) is 16.8 Å². The van der Waals surface area contributed by atoms with Gasteiger partial charge in [-0.05, 0) is 29.0 Å². The molecule has 0 aliphatic carbocycles. The molecule has 0 bridgehead atoms. The van der Waals surface area contributed by atoms with Crippen LogP contribution in [0.5, 0.6) is 0 Å². The first kappa shape index (κ1) is 19.6. The number of carbonyl (C=O) groups excluding carboxylic acids is 1. The van der Waals surface area contributed by atoms with Gasteiger partial charge in [0.15, 0.2) is 0 Å². The topological polar surface area (TPSA) is 59.2 Å². The van der Waals surface area contributed by atoms with E-state index in [1.54, 1.807) is 4.90 Å².